The highest BCUT2D eigenvalue weighted by Crippen LogP contribution is 2.23. The molecular weight excluding hydrogens is 356 g/mol. The van der Waals surface area contributed by atoms with Crippen LogP contribution in [0.2, 0.25) is 0 Å². The summed E-state index contributed by atoms with van der Waals surface area (Å²) in [6.07, 6.45) is 1.87. The van der Waals surface area contributed by atoms with E-state index in [1.54, 1.807) is 18.2 Å². The summed E-state index contributed by atoms with van der Waals surface area (Å²) >= 11 is 0. The van der Waals surface area contributed by atoms with E-state index in [-0.39, 0.29) is 33.7 Å². The van der Waals surface area contributed by atoms with Crippen molar-refractivity contribution < 1.29 is 22.7 Å². The molecule has 1 saturated carbocycles. The molecule has 2 N–H and O–H groups in total. The van der Waals surface area contributed by atoms with Gasteiger partial charge in [-0.3, -0.25) is 9.52 Å². The van der Waals surface area contributed by atoms with Crippen LogP contribution in [0.5, 0.6) is 0 Å². The quantitative estimate of drug-likeness (QED) is 0.755. The number of amides is 1. The molecular formula is C18H18N2O5S. The van der Waals surface area contributed by atoms with Crippen molar-refractivity contribution >= 4 is 27.6 Å². The van der Waals surface area contributed by atoms with Gasteiger partial charge >= 0.3 is 5.97 Å². The molecule has 8 heteroatoms. The number of methoxy groups -OCH3 is 1. The molecule has 0 heterocycles. The number of nitrogens with one attached hydrogen (secondary N) is 2. The van der Waals surface area contributed by atoms with E-state index in [9.17, 15) is 18.0 Å². The lowest BCUT2D eigenvalue weighted by molar-refractivity contribution is 0.0600. The summed E-state index contributed by atoms with van der Waals surface area (Å²) in [6, 6.07) is 11.9. The SMILES string of the molecule is COC(=O)c1ccc(S(=O)(=O)Nc2ccccc2C(=O)NC2CC2)cc1. The Kier molecular flexibility index (Phi) is 4.94. The van der Waals surface area contributed by atoms with Gasteiger partial charge in [-0.15, -0.1) is 0 Å². The topological polar surface area (TPSA) is 102 Å². The Morgan fingerprint density at radius 3 is 2.31 bits per heavy atom. The van der Waals surface area contributed by atoms with Crippen molar-refractivity contribution in [3.8, 4) is 0 Å². The summed E-state index contributed by atoms with van der Waals surface area (Å²) in [5.74, 6) is -0.865. The van der Waals surface area contributed by atoms with Gasteiger partial charge in [-0.05, 0) is 49.2 Å². The number of esters is 1. The highest BCUT2D eigenvalue weighted by Gasteiger charge is 2.25. The first-order valence-electron chi connectivity index (χ1n) is 8.02. The van der Waals surface area contributed by atoms with Crippen LogP contribution in [0.1, 0.15) is 33.6 Å². The summed E-state index contributed by atoms with van der Waals surface area (Å²) in [5, 5.41) is 2.84. The van der Waals surface area contributed by atoms with Crippen LogP contribution in [0.4, 0.5) is 5.69 Å². The summed E-state index contributed by atoms with van der Waals surface area (Å²) < 4.78 is 32.2. The van der Waals surface area contributed by atoms with Crippen LogP contribution in [-0.2, 0) is 14.8 Å². The standard InChI is InChI=1S/C18H18N2O5S/c1-25-18(22)12-6-10-14(11-7-12)26(23,24)20-16-5-3-2-4-15(16)17(21)19-13-8-9-13/h2-7,10-11,13,20H,8-9H2,1H3,(H,19,21). The van der Waals surface area contributed by atoms with E-state index in [1.165, 1.54) is 37.4 Å². The molecule has 0 aromatic heterocycles. The second-order valence-corrected chi connectivity index (χ2v) is 7.60. The molecule has 0 bridgehead atoms. The molecule has 1 amide bonds. The van der Waals surface area contributed by atoms with E-state index in [2.05, 4.69) is 14.8 Å². The normalized spacial score (nSPS) is 13.7. The van der Waals surface area contributed by atoms with Gasteiger partial charge in [-0.1, -0.05) is 12.1 Å². The van der Waals surface area contributed by atoms with Crippen LogP contribution in [-0.4, -0.2) is 33.4 Å². The fourth-order valence-electron chi connectivity index (χ4n) is 2.35. The smallest absolute Gasteiger partial charge is 0.337 e. The van der Waals surface area contributed by atoms with Crippen LogP contribution >= 0.6 is 0 Å². The van der Waals surface area contributed by atoms with Gasteiger partial charge in [0, 0.05) is 6.04 Å². The highest BCUT2D eigenvalue weighted by atomic mass is 32.2. The van der Waals surface area contributed by atoms with Crippen LogP contribution in [0.15, 0.2) is 53.4 Å². The molecule has 2 aromatic carbocycles. The second kappa shape index (κ2) is 7.17. The minimum absolute atomic E-state index is 0.0254. The van der Waals surface area contributed by atoms with E-state index < -0.39 is 16.0 Å². The van der Waals surface area contributed by atoms with Gasteiger partial charge < -0.3 is 10.1 Å². The first kappa shape index (κ1) is 17.9. The summed E-state index contributed by atoms with van der Waals surface area (Å²) in [4.78, 5) is 23.7. The predicted octanol–water partition coefficient (Wildman–Crippen LogP) is 2.17. The molecule has 3 rings (SSSR count). The van der Waals surface area contributed by atoms with Crippen molar-refractivity contribution in [3.05, 3.63) is 59.7 Å². The third-order valence-corrected chi connectivity index (χ3v) is 5.30. The lowest BCUT2D eigenvalue weighted by atomic mass is 10.1. The Morgan fingerprint density at radius 2 is 1.69 bits per heavy atom. The molecule has 26 heavy (non-hydrogen) atoms. The van der Waals surface area contributed by atoms with Crippen molar-refractivity contribution in [2.45, 2.75) is 23.8 Å². The van der Waals surface area contributed by atoms with Crippen molar-refractivity contribution in [2.24, 2.45) is 0 Å². The van der Waals surface area contributed by atoms with E-state index >= 15 is 0 Å². The van der Waals surface area contributed by atoms with Crippen LogP contribution in [0.3, 0.4) is 0 Å². The first-order valence-corrected chi connectivity index (χ1v) is 9.50. The van der Waals surface area contributed by atoms with Crippen molar-refractivity contribution in [1.29, 1.82) is 0 Å². The zero-order valence-electron chi connectivity index (χ0n) is 14.1. The highest BCUT2D eigenvalue weighted by molar-refractivity contribution is 7.92. The molecule has 0 aliphatic heterocycles. The molecule has 0 saturated heterocycles. The number of hydrogen-bond donors (Lipinski definition) is 2. The molecule has 1 aliphatic carbocycles. The minimum Gasteiger partial charge on any atom is -0.465 e. The third-order valence-electron chi connectivity index (χ3n) is 3.91. The van der Waals surface area contributed by atoms with E-state index in [4.69, 9.17) is 0 Å². The minimum atomic E-state index is -3.91. The Labute approximate surface area is 151 Å². The molecule has 136 valence electrons. The molecule has 2 aromatic rings. The van der Waals surface area contributed by atoms with Crippen LogP contribution in [0, 0.1) is 0 Å². The van der Waals surface area contributed by atoms with Gasteiger partial charge in [0.05, 0.1) is 28.8 Å². The Hall–Kier alpha value is -2.87. The third kappa shape index (κ3) is 4.02. The molecule has 0 radical (unpaired) electrons. The lowest BCUT2D eigenvalue weighted by Crippen LogP contribution is -2.27. The summed E-state index contributed by atoms with van der Waals surface area (Å²) in [5.41, 5.74) is 0.701. The maximum atomic E-state index is 12.6. The van der Waals surface area contributed by atoms with Gasteiger partial charge in [-0.2, -0.15) is 0 Å². The first-order chi connectivity index (χ1) is 12.4. The number of para-hydroxylation sites is 1. The van der Waals surface area contributed by atoms with Gasteiger partial charge in [0.15, 0.2) is 0 Å². The zero-order valence-corrected chi connectivity index (χ0v) is 14.9. The summed E-state index contributed by atoms with van der Waals surface area (Å²) in [6.45, 7) is 0. The average molecular weight is 374 g/mol. The number of ether oxygens (including phenoxy) is 1. The lowest BCUT2D eigenvalue weighted by Gasteiger charge is -2.13. The molecule has 1 aliphatic rings. The largest absolute Gasteiger partial charge is 0.465 e. The Balaban J connectivity index is 1.83. The van der Waals surface area contributed by atoms with Gasteiger partial charge in [0.25, 0.3) is 15.9 Å². The Bertz CT molecular complexity index is 934. The van der Waals surface area contributed by atoms with E-state index in [0.29, 0.717) is 0 Å². The zero-order chi connectivity index (χ0) is 18.7. The van der Waals surface area contributed by atoms with Crippen molar-refractivity contribution in [2.75, 3.05) is 11.8 Å². The Morgan fingerprint density at radius 1 is 1.04 bits per heavy atom. The van der Waals surface area contributed by atoms with E-state index in [1.807, 2.05) is 0 Å². The number of hydrogen-bond acceptors (Lipinski definition) is 5. The van der Waals surface area contributed by atoms with Gasteiger partial charge in [0.1, 0.15) is 0 Å². The summed E-state index contributed by atoms with van der Waals surface area (Å²) in [7, 11) is -2.67. The van der Waals surface area contributed by atoms with Gasteiger partial charge in [-0.25, -0.2) is 13.2 Å². The predicted molar refractivity (Wildman–Crippen MR) is 95.5 cm³/mol. The van der Waals surface area contributed by atoms with Crippen LogP contribution in [0.25, 0.3) is 0 Å². The average Bonchev–Trinajstić information content (AvgIpc) is 3.45. The molecule has 7 nitrogen and oxygen atoms in total. The number of carbonyl (C=O) groups excluding carboxylic acids is 2. The van der Waals surface area contributed by atoms with Crippen LogP contribution < -0.4 is 10.0 Å². The fourth-order valence-corrected chi connectivity index (χ4v) is 3.43. The number of sulfonamides is 1. The maximum Gasteiger partial charge on any atom is 0.337 e. The van der Waals surface area contributed by atoms with Crippen molar-refractivity contribution in [3.63, 3.8) is 0 Å². The monoisotopic (exact) mass is 374 g/mol. The number of benzene rings is 2. The number of anilines is 1. The second-order valence-electron chi connectivity index (χ2n) is 5.91. The molecule has 0 atom stereocenters. The van der Waals surface area contributed by atoms with Gasteiger partial charge in [0.2, 0.25) is 0 Å². The van der Waals surface area contributed by atoms with Crippen molar-refractivity contribution in [1.82, 2.24) is 5.32 Å². The molecule has 0 spiro atoms. The molecule has 1 fully saturated rings. The molecule has 0 unspecified atom stereocenters. The fraction of sp³-hybridized carbons (Fsp3) is 0.222. The number of carbonyl (C=O) groups is 2. The van der Waals surface area contributed by atoms with E-state index in [0.717, 1.165) is 12.8 Å². The number of rotatable bonds is 6. The maximum absolute atomic E-state index is 12.6.